The Kier molecular flexibility index (Phi) is 1.77. The lowest BCUT2D eigenvalue weighted by atomic mass is 10.1. The monoisotopic (exact) mass is 135 g/mol. The first-order valence-electron chi connectivity index (χ1n) is 3.14. The highest BCUT2D eigenvalue weighted by atomic mass is 16.5. The summed E-state index contributed by atoms with van der Waals surface area (Å²) in [5.74, 6) is 0. The van der Waals surface area contributed by atoms with Gasteiger partial charge in [0.15, 0.2) is 0 Å². The highest BCUT2D eigenvalue weighted by molar-refractivity contribution is 5.25. The maximum Gasteiger partial charge on any atom is 0.123 e. The molecule has 0 aliphatic carbocycles. The third kappa shape index (κ3) is 1.19. The van der Waals surface area contributed by atoms with Crippen molar-refractivity contribution in [3.63, 3.8) is 0 Å². The van der Waals surface area contributed by atoms with E-state index in [1.54, 1.807) is 0 Å². The lowest BCUT2D eigenvalue weighted by Crippen LogP contribution is -2.04. The van der Waals surface area contributed by atoms with Crippen LogP contribution in [0.25, 0.3) is 0 Å². The molecular weight excluding hydrogens is 126 g/mol. The fourth-order valence-electron chi connectivity index (χ4n) is 0.823. The Balaban J connectivity index is 2.54. The van der Waals surface area contributed by atoms with Gasteiger partial charge in [0, 0.05) is 6.42 Å². The van der Waals surface area contributed by atoms with Crippen molar-refractivity contribution in [2.24, 2.45) is 0 Å². The van der Waals surface area contributed by atoms with E-state index in [0.717, 1.165) is 5.57 Å². The molecule has 0 N–H and O–H groups in total. The summed E-state index contributed by atoms with van der Waals surface area (Å²) >= 11 is 0. The molecule has 1 atom stereocenters. The zero-order valence-corrected chi connectivity index (χ0v) is 5.92. The summed E-state index contributed by atoms with van der Waals surface area (Å²) < 4.78 is 5.13. The molecule has 1 aliphatic heterocycles. The Morgan fingerprint density at radius 3 is 3.00 bits per heavy atom. The Hall–Kier alpha value is -1.23. The van der Waals surface area contributed by atoms with Crippen molar-refractivity contribution in [1.82, 2.24) is 0 Å². The molecule has 2 heteroatoms. The second-order valence-electron chi connectivity index (χ2n) is 2.43. The minimum absolute atomic E-state index is 0.0367. The SMILES string of the molecule is C=C(C)C1CC(C#N)=CO1. The molecule has 0 saturated heterocycles. The zero-order chi connectivity index (χ0) is 7.56. The van der Waals surface area contributed by atoms with Crippen LogP contribution in [0, 0.1) is 11.3 Å². The number of hydrogen-bond donors (Lipinski definition) is 0. The molecule has 1 heterocycles. The van der Waals surface area contributed by atoms with Gasteiger partial charge in [-0.25, -0.2) is 0 Å². The first-order chi connectivity index (χ1) is 4.74. The normalized spacial score (nSPS) is 22.8. The van der Waals surface area contributed by atoms with Gasteiger partial charge in [-0.1, -0.05) is 6.58 Å². The van der Waals surface area contributed by atoms with E-state index in [0.29, 0.717) is 12.0 Å². The zero-order valence-electron chi connectivity index (χ0n) is 5.92. The van der Waals surface area contributed by atoms with Crippen LogP contribution in [0.3, 0.4) is 0 Å². The van der Waals surface area contributed by atoms with Crippen LogP contribution < -0.4 is 0 Å². The van der Waals surface area contributed by atoms with Gasteiger partial charge in [0.25, 0.3) is 0 Å². The Morgan fingerprint density at radius 2 is 2.70 bits per heavy atom. The number of rotatable bonds is 1. The lowest BCUT2D eigenvalue weighted by Gasteiger charge is -2.07. The molecule has 0 aromatic carbocycles. The van der Waals surface area contributed by atoms with Crippen LogP contribution in [-0.4, -0.2) is 6.10 Å². The molecule has 0 radical (unpaired) electrons. The number of hydrogen-bond acceptors (Lipinski definition) is 2. The van der Waals surface area contributed by atoms with E-state index in [2.05, 4.69) is 6.58 Å². The Labute approximate surface area is 60.4 Å². The van der Waals surface area contributed by atoms with Gasteiger partial charge in [0.1, 0.15) is 6.10 Å². The van der Waals surface area contributed by atoms with Crippen molar-refractivity contribution in [2.45, 2.75) is 19.4 Å². The molecule has 1 unspecified atom stereocenters. The summed E-state index contributed by atoms with van der Waals surface area (Å²) in [6.45, 7) is 5.64. The van der Waals surface area contributed by atoms with Gasteiger partial charge in [0.2, 0.25) is 0 Å². The van der Waals surface area contributed by atoms with Crippen molar-refractivity contribution in [2.75, 3.05) is 0 Å². The third-order valence-electron chi connectivity index (χ3n) is 1.47. The molecule has 10 heavy (non-hydrogen) atoms. The van der Waals surface area contributed by atoms with Crippen LogP contribution in [0.1, 0.15) is 13.3 Å². The van der Waals surface area contributed by atoms with Crippen molar-refractivity contribution < 1.29 is 4.74 Å². The van der Waals surface area contributed by atoms with Gasteiger partial charge < -0.3 is 4.74 Å². The van der Waals surface area contributed by atoms with Gasteiger partial charge in [0.05, 0.1) is 17.9 Å². The van der Waals surface area contributed by atoms with Crippen LogP contribution in [0.5, 0.6) is 0 Å². The summed E-state index contributed by atoms with van der Waals surface area (Å²) in [5, 5.41) is 8.44. The largest absolute Gasteiger partial charge is 0.492 e. The van der Waals surface area contributed by atoms with Crippen LogP contribution in [0.15, 0.2) is 24.0 Å². The lowest BCUT2D eigenvalue weighted by molar-refractivity contribution is 0.204. The Bertz CT molecular complexity index is 222. The summed E-state index contributed by atoms with van der Waals surface area (Å²) in [5.41, 5.74) is 1.68. The van der Waals surface area contributed by atoms with Crippen molar-refractivity contribution >= 4 is 0 Å². The number of nitriles is 1. The predicted molar refractivity (Wildman–Crippen MR) is 38.0 cm³/mol. The maximum atomic E-state index is 8.44. The number of nitrogens with zero attached hydrogens (tertiary/aromatic N) is 1. The first kappa shape index (κ1) is 6.88. The van der Waals surface area contributed by atoms with E-state index >= 15 is 0 Å². The van der Waals surface area contributed by atoms with Crippen LogP contribution >= 0.6 is 0 Å². The molecule has 52 valence electrons. The van der Waals surface area contributed by atoms with Gasteiger partial charge >= 0.3 is 0 Å². The summed E-state index contributed by atoms with van der Waals surface area (Å²) in [4.78, 5) is 0. The highest BCUT2D eigenvalue weighted by Gasteiger charge is 2.17. The molecule has 0 aromatic heterocycles. The average molecular weight is 135 g/mol. The van der Waals surface area contributed by atoms with Crippen LogP contribution in [0.4, 0.5) is 0 Å². The Morgan fingerprint density at radius 1 is 2.00 bits per heavy atom. The fourth-order valence-corrected chi connectivity index (χ4v) is 0.823. The van der Waals surface area contributed by atoms with E-state index in [-0.39, 0.29) is 6.10 Å². The molecule has 0 fully saturated rings. The molecule has 0 amide bonds. The summed E-state index contributed by atoms with van der Waals surface area (Å²) in [6, 6.07) is 2.04. The second-order valence-corrected chi connectivity index (χ2v) is 2.43. The van der Waals surface area contributed by atoms with Crippen molar-refractivity contribution in [1.29, 1.82) is 5.26 Å². The van der Waals surface area contributed by atoms with E-state index < -0.39 is 0 Å². The molecule has 1 rings (SSSR count). The van der Waals surface area contributed by atoms with E-state index in [1.807, 2.05) is 13.0 Å². The van der Waals surface area contributed by atoms with Gasteiger partial charge in [-0.05, 0) is 12.5 Å². The van der Waals surface area contributed by atoms with Crippen molar-refractivity contribution in [3.05, 3.63) is 24.0 Å². The van der Waals surface area contributed by atoms with Crippen LogP contribution in [0.2, 0.25) is 0 Å². The summed E-state index contributed by atoms with van der Waals surface area (Å²) in [6.07, 6.45) is 2.24. The molecular formula is C8H9NO. The number of ether oxygens (including phenoxy) is 1. The second kappa shape index (κ2) is 2.57. The molecule has 0 spiro atoms. The first-order valence-corrected chi connectivity index (χ1v) is 3.14. The molecule has 1 aliphatic rings. The quantitative estimate of drug-likeness (QED) is 0.513. The van der Waals surface area contributed by atoms with Gasteiger partial charge in [-0.2, -0.15) is 5.26 Å². The van der Waals surface area contributed by atoms with Gasteiger partial charge in [-0.15, -0.1) is 0 Å². The molecule has 2 nitrogen and oxygen atoms in total. The van der Waals surface area contributed by atoms with Gasteiger partial charge in [-0.3, -0.25) is 0 Å². The smallest absolute Gasteiger partial charge is 0.123 e. The summed E-state index contributed by atoms with van der Waals surface area (Å²) in [7, 11) is 0. The standard InChI is InChI=1S/C8H9NO/c1-6(2)8-3-7(4-9)5-10-8/h5,8H,1,3H2,2H3. The molecule has 0 saturated carbocycles. The fraction of sp³-hybridized carbons (Fsp3) is 0.375. The average Bonchev–Trinajstić information content (AvgIpc) is 2.34. The van der Waals surface area contributed by atoms with E-state index in [4.69, 9.17) is 10.00 Å². The minimum Gasteiger partial charge on any atom is -0.492 e. The van der Waals surface area contributed by atoms with E-state index in [1.165, 1.54) is 6.26 Å². The molecule has 0 bridgehead atoms. The molecule has 0 aromatic rings. The maximum absolute atomic E-state index is 8.44. The minimum atomic E-state index is 0.0367. The topological polar surface area (TPSA) is 33.0 Å². The predicted octanol–water partition coefficient (Wildman–Crippen LogP) is 1.76. The highest BCUT2D eigenvalue weighted by Crippen LogP contribution is 2.21. The third-order valence-corrected chi connectivity index (χ3v) is 1.47. The van der Waals surface area contributed by atoms with E-state index in [9.17, 15) is 0 Å². The van der Waals surface area contributed by atoms with Crippen molar-refractivity contribution in [3.8, 4) is 6.07 Å². The van der Waals surface area contributed by atoms with Crippen LogP contribution in [-0.2, 0) is 4.74 Å².